The first-order valence-corrected chi connectivity index (χ1v) is 9.83. The van der Waals surface area contributed by atoms with Crippen LogP contribution < -0.4 is 0 Å². The molecule has 2 aliphatic carbocycles. The molecule has 2 atom stereocenters. The Hall–Kier alpha value is -0.153. The Kier molecular flexibility index (Phi) is 3.28. The van der Waals surface area contributed by atoms with Crippen LogP contribution in [-0.4, -0.2) is 19.7 Å². The normalized spacial score (nSPS) is 33.7. The summed E-state index contributed by atoms with van der Waals surface area (Å²) in [6, 6.07) is 1.24. The zero-order valence-electron chi connectivity index (χ0n) is 10.8. The first-order valence-electron chi connectivity index (χ1n) is 6.72. The van der Waals surface area contributed by atoms with Crippen molar-refractivity contribution in [1.82, 2.24) is 0 Å². The molecule has 0 N–H and O–H groups in total. The summed E-state index contributed by atoms with van der Waals surface area (Å²) in [6.07, 6.45) is 6.63. The smallest absolute Gasteiger partial charge is 0.187 e. The monoisotopic (exact) mass is 240 g/mol. The van der Waals surface area contributed by atoms with Crippen LogP contribution in [0, 0.1) is 5.92 Å². The predicted octanol–water partition coefficient (Wildman–Crippen LogP) is 3.52. The van der Waals surface area contributed by atoms with Gasteiger partial charge in [-0.2, -0.15) is 0 Å². The molecule has 0 heterocycles. The van der Waals surface area contributed by atoms with E-state index in [0.29, 0.717) is 12.2 Å². The van der Waals surface area contributed by atoms with Crippen LogP contribution in [0.5, 0.6) is 0 Å². The Balaban J connectivity index is 1.96. The van der Waals surface area contributed by atoms with Crippen LogP contribution in [0.4, 0.5) is 0 Å². The summed E-state index contributed by atoms with van der Waals surface area (Å²) in [5, 5.41) is 0. The molecule has 2 rings (SSSR count). The summed E-state index contributed by atoms with van der Waals surface area (Å²) >= 11 is 0. The number of hydrogen-bond acceptors (Lipinski definition) is 2. The molecule has 0 aromatic rings. The first-order chi connectivity index (χ1) is 7.49. The van der Waals surface area contributed by atoms with Crippen LogP contribution >= 0.6 is 0 Å². The molecule has 0 spiro atoms. The number of hydrogen-bond donors (Lipinski definition) is 0. The molecule has 0 aromatic carbocycles. The van der Waals surface area contributed by atoms with Crippen molar-refractivity contribution in [3.05, 3.63) is 0 Å². The van der Waals surface area contributed by atoms with Gasteiger partial charge in [0, 0.05) is 12.3 Å². The molecule has 0 amide bonds. The average molecular weight is 240 g/mol. The second-order valence-electron chi connectivity index (χ2n) is 6.12. The lowest BCUT2D eigenvalue weighted by atomic mass is 9.71. The van der Waals surface area contributed by atoms with Crippen molar-refractivity contribution < 1.29 is 9.22 Å². The molecule has 2 unspecified atom stereocenters. The molecule has 0 radical (unpaired) electrons. The van der Waals surface area contributed by atoms with Gasteiger partial charge in [0.05, 0.1) is 5.60 Å². The van der Waals surface area contributed by atoms with E-state index in [1.165, 1.54) is 25.3 Å². The van der Waals surface area contributed by atoms with Crippen molar-refractivity contribution in [2.75, 3.05) is 0 Å². The van der Waals surface area contributed by atoms with Crippen molar-refractivity contribution in [2.45, 2.75) is 70.2 Å². The lowest BCUT2D eigenvalue weighted by Gasteiger charge is -2.48. The van der Waals surface area contributed by atoms with Crippen LogP contribution in [0.2, 0.25) is 19.1 Å². The maximum absolute atomic E-state index is 11.6. The number of ketones is 1. The summed E-state index contributed by atoms with van der Waals surface area (Å²) in [7, 11) is -1.53. The SMILES string of the molecule is CCCC[Si](C)(C)OC12CCCC1C(=O)C2. The third kappa shape index (κ3) is 2.12. The van der Waals surface area contributed by atoms with Crippen molar-refractivity contribution in [3.63, 3.8) is 0 Å². The van der Waals surface area contributed by atoms with Crippen molar-refractivity contribution >= 4 is 14.1 Å². The van der Waals surface area contributed by atoms with E-state index in [1.54, 1.807) is 0 Å². The lowest BCUT2D eigenvalue weighted by molar-refractivity contribution is -0.149. The Morgan fingerprint density at radius 2 is 2.25 bits per heavy atom. The fourth-order valence-corrected chi connectivity index (χ4v) is 6.08. The van der Waals surface area contributed by atoms with Crippen LogP contribution in [0.3, 0.4) is 0 Å². The van der Waals surface area contributed by atoms with Gasteiger partial charge in [-0.15, -0.1) is 0 Å². The van der Waals surface area contributed by atoms with Gasteiger partial charge in [0.1, 0.15) is 5.78 Å². The lowest BCUT2D eigenvalue weighted by Crippen LogP contribution is -2.57. The highest BCUT2D eigenvalue weighted by Gasteiger charge is 2.58. The number of Topliss-reactive ketones (excluding diaryl/α,β-unsaturated/α-hetero) is 1. The van der Waals surface area contributed by atoms with Gasteiger partial charge in [0.15, 0.2) is 8.32 Å². The van der Waals surface area contributed by atoms with Gasteiger partial charge in [-0.3, -0.25) is 4.79 Å². The zero-order chi connectivity index (χ0) is 11.8. The van der Waals surface area contributed by atoms with E-state index in [9.17, 15) is 4.79 Å². The molecule has 0 saturated heterocycles. The minimum atomic E-state index is -1.53. The molecule has 2 nitrogen and oxygen atoms in total. The second kappa shape index (κ2) is 4.26. The number of fused-ring (bicyclic) bond motifs is 1. The van der Waals surface area contributed by atoms with E-state index < -0.39 is 8.32 Å². The molecule has 16 heavy (non-hydrogen) atoms. The predicted molar refractivity (Wildman–Crippen MR) is 68.0 cm³/mol. The van der Waals surface area contributed by atoms with Crippen molar-refractivity contribution in [2.24, 2.45) is 5.92 Å². The Bertz CT molecular complexity index is 288. The summed E-state index contributed by atoms with van der Waals surface area (Å²) in [4.78, 5) is 11.6. The quantitative estimate of drug-likeness (QED) is 0.687. The maximum atomic E-state index is 11.6. The number of carbonyl (C=O) groups is 1. The van der Waals surface area contributed by atoms with Gasteiger partial charge in [0.2, 0.25) is 0 Å². The minimum absolute atomic E-state index is 0.000543. The highest BCUT2D eigenvalue weighted by Crippen LogP contribution is 2.52. The average Bonchev–Trinajstić information content (AvgIpc) is 2.51. The van der Waals surface area contributed by atoms with E-state index >= 15 is 0 Å². The van der Waals surface area contributed by atoms with E-state index in [2.05, 4.69) is 20.0 Å². The number of carbonyl (C=O) groups excluding carboxylic acids is 1. The van der Waals surface area contributed by atoms with Gasteiger partial charge in [0.25, 0.3) is 0 Å². The summed E-state index contributed by atoms with van der Waals surface area (Å²) in [5.41, 5.74) is 0.000543. The molecular weight excluding hydrogens is 216 g/mol. The Labute approximate surface area is 99.9 Å². The van der Waals surface area contributed by atoms with Crippen LogP contribution in [0.25, 0.3) is 0 Å². The molecule has 0 aromatic heterocycles. The molecule has 2 fully saturated rings. The minimum Gasteiger partial charge on any atom is -0.411 e. The fourth-order valence-electron chi connectivity index (χ4n) is 3.36. The fraction of sp³-hybridized carbons (Fsp3) is 0.923. The third-order valence-electron chi connectivity index (χ3n) is 4.20. The molecule has 2 saturated carbocycles. The molecule has 0 aliphatic heterocycles. The molecule has 92 valence electrons. The van der Waals surface area contributed by atoms with Gasteiger partial charge in [-0.05, 0) is 38.4 Å². The molecular formula is C13H24O2Si. The highest BCUT2D eigenvalue weighted by molar-refractivity contribution is 6.71. The number of unbranched alkanes of at least 4 members (excludes halogenated alkanes) is 1. The summed E-state index contributed by atoms with van der Waals surface area (Å²) in [5.74, 6) is 0.721. The maximum Gasteiger partial charge on any atom is 0.187 e. The van der Waals surface area contributed by atoms with Crippen molar-refractivity contribution in [1.29, 1.82) is 0 Å². The van der Waals surface area contributed by atoms with Gasteiger partial charge < -0.3 is 4.43 Å². The van der Waals surface area contributed by atoms with Crippen LogP contribution in [-0.2, 0) is 9.22 Å². The zero-order valence-corrected chi connectivity index (χ0v) is 11.8. The Morgan fingerprint density at radius 1 is 1.50 bits per heavy atom. The van der Waals surface area contributed by atoms with E-state index in [0.717, 1.165) is 12.8 Å². The standard InChI is InChI=1S/C13H24O2Si/c1-4-5-9-16(2,3)15-13-8-6-7-11(13)12(14)10-13/h11H,4-10H2,1-3H3. The van der Waals surface area contributed by atoms with E-state index in [-0.39, 0.29) is 11.5 Å². The third-order valence-corrected chi connectivity index (χ3v) is 6.72. The largest absolute Gasteiger partial charge is 0.411 e. The van der Waals surface area contributed by atoms with E-state index in [4.69, 9.17) is 4.43 Å². The second-order valence-corrected chi connectivity index (χ2v) is 10.3. The Morgan fingerprint density at radius 3 is 2.88 bits per heavy atom. The number of rotatable bonds is 5. The van der Waals surface area contributed by atoms with Crippen LogP contribution in [0.1, 0.15) is 45.4 Å². The summed E-state index contributed by atoms with van der Waals surface area (Å²) in [6.45, 7) is 6.86. The molecule has 0 bridgehead atoms. The molecule has 2 aliphatic rings. The molecule has 3 heteroatoms. The highest BCUT2D eigenvalue weighted by atomic mass is 28.4. The van der Waals surface area contributed by atoms with E-state index in [1.807, 2.05) is 0 Å². The van der Waals surface area contributed by atoms with Gasteiger partial charge >= 0.3 is 0 Å². The van der Waals surface area contributed by atoms with Crippen molar-refractivity contribution in [3.8, 4) is 0 Å². The topological polar surface area (TPSA) is 26.3 Å². The van der Waals surface area contributed by atoms with Gasteiger partial charge in [-0.25, -0.2) is 0 Å². The van der Waals surface area contributed by atoms with Crippen LogP contribution in [0.15, 0.2) is 0 Å². The van der Waals surface area contributed by atoms with Gasteiger partial charge in [-0.1, -0.05) is 19.8 Å². The first kappa shape index (κ1) is 12.3. The summed E-state index contributed by atoms with van der Waals surface area (Å²) < 4.78 is 6.48.